The smallest absolute Gasteiger partial charge is 0.137 e. The molecule has 0 aromatic heterocycles. The number of ether oxygens (including phenoxy) is 1. The molecule has 0 saturated carbocycles. The van der Waals surface area contributed by atoms with E-state index >= 15 is 0 Å². The second kappa shape index (κ2) is 6.89. The van der Waals surface area contributed by atoms with Crippen molar-refractivity contribution in [2.24, 2.45) is 0 Å². The van der Waals surface area contributed by atoms with Crippen LogP contribution in [0.25, 0.3) is 0 Å². The molecule has 4 heteroatoms. The number of benzene rings is 1. The van der Waals surface area contributed by atoms with Crippen molar-refractivity contribution >= 4 is 0 Å². The van der Waals surface area contributed by atoms with Crippen LogP contribution in [0.15, 0.2) is 24.3 Å². The van der Waals surface area contributed by atoms with Gasteiger partial charge in [-0.25, -0.2) is 0 Å². The van der Waals surface area contributed by atoms with Gasteiger partial charge in [-0.15, -0.1) is 0 Å². The SMILES string of the molecule is Cc1cccc(OC[C@@H](O)C[NH+]2CC[NH+](C)CC2)c1. The van der Waals surface area contributed by atoms with Crippen LogP contribution in [-0.4, -0.2) is 57.6 Å². The number of piperazine rings is 1. The first-order valence-corrected chi connectivity index (χ1v) is 7.16. The average Bonchev–Trinajstić information content (AvgIpc) is 2.39. The van der Waals surface area contributed by atoms with Crippen molar-refractivity contribution in [1.82, 2.24) is 0 Å². The zero-order valence-corrected chi connectivity index (χ0v) is 12.0. The molecular weight excluding hydrogens is 240 g/mol. The number of aryl methyl sites for hydroxylation is 1. The minimum absolute atomic E-state index is 0.381. The lowest BCUT2D eigenvalue weighted by Crippen LogP contribution is -3.27. The van der Waals surface area contributed by atoms with Gasteiger partial charge in [0.05, 0.1) is 7.05 Å². The van der Waals surface area contributed by atoms with E-state index in [1.165, 1.54) is 23.6 Å². The molecule has 1 fully saturated rings. The zero-order valence-electron chi connectivity index (χ0n) is 12.0. The predicted molar refractivity (Wildman–Crippen MR) is 74.9 cm³/mol. The van der Waals surface area contributed by atoms with E-state index < -0.39 is 0 Å². The highest BCUT2D eigenvalue weighted by molar-refractivity contribution is 5.27. The Morgan fingerprint density at radius 1 is 1.26 bits per heavy atom. The molecule has 0 amide bonds. The Balaban J connectivity index is 1.71. The third-order valence-electron chi connectivity index (χ3n) is 3.77. The molecule has 0 bridgehead atoms. The molecule has 106 valence electrons. The molecule has 1 atom stereocenters. The highest BCUT2D eigenvalue weighted by atomic mass is 16.5. The fraction of sp³-hybridized carbons (Fsp3) is 0.600. The van der Waals surface area contributed by atoms with E-state index in [1.807, 2.05) is 31.2 Å². The molecule has 3 N–H and O–H groups in total. The number of rotatable bonds is 5. The second-order valence-electron chi connectivity index (χ2n) is 5.69. The first-order chi connectivity index (χ1) is 9.13. The van der Waals surface area contributed by atoms with Crippen molar-refractivity contribution < 1.29 is 19.6 Å². The summed E-state index contributed by atoms with van der Waals surface area (Å²) < 4.78 is 5.64. The Kier molecular flexibility index (Phi) is 5.19. The van der Waals surface area contributed by atoms with E-state index in [9.17, 15) is 5.11 Å². The number of aliphatic hydroxyl groups excluding tert-OH is 1. The minimum atomic E-state index is -0.381. The monoisotopic (exact) mass is 266 g/mol. The van der Waals surface area contributed by atoms with Crippen molar-refractivity contribution in [2.75, 3.05) is 46.4 Å². The van der Waals surface area contributed by atoms with Gasteiger partial charge in [0.2, 0.25) is 0 Å². The fourth-order valence-electron chi connectivity index (χ4n) is 2.52. The van der Waals surface area contributed by atoms with Crippen molar-refractivity contribution in [3.05, 3.63) is 29.8 Å². The molecule has 4 nitrogen and oxygen atoms in total. The number of hydrogen-bond acceptors (Lipinski definition) is 2. The Morgan fingerprint density at radius 3 is 2.68 bits per heavy atom. The van der Waals surface area contributed by atoms with Crippen LogP contribution in [0.5, 0.6) is 5.75 Å². The first kappa shape index (κ1) is 14.3. The summed E-state index contributed by atoms with van der Waals surface area (Å²) in [5.41, 5.74) is 1.18. The Bertz CT molecular complexity index is 389. The van der Waals surface area contributed by atoms with E-state index in [-0.39, 0.29) is 6.10 Å². The van der Waals surface area contributed by atoms with Crippen LogP contribution in [-0.2, 0) is 0 Å². The number of aliphatic hydroxyl groups is 1. The summed E-state index contributed by atoms with van der Waals surface area (Å²) in [6, 6.07) is 7.95. The molecule has 0 spiro atoms. The van der Waals surface area contributed by atoms with Crippen molar-refractivity contribution in [1.29, 1.82) is 0 Å². The molecule has 2 rings (SSSR count). The summed E-state index contributed by atoms with van der Waals surface area (Å²) in [5.74, 6) is 0.844. The Labute approximate surface area is 115 Å². The first-order valence-electron chi connectivity index (χ1n) is 7.16. The molecule has 1 aromatic carbocycles. The molecule has 1 heterocycles. The molecule has 1 aromatic rings. The van der Waals surface area contributed by atoms with Gasteiger partial charge in [-0.2, -0.15) is 0 Å². The molecule has 1 aliphatic rings. The summed E-state index contributed by atoms with van der Waals surface area (Å²) in [6.45, 7) is 7.90. The standard InChI is InChI=1S/C15H24N2O2/c1-13-4-3-5-15(10-13)19-12-14(18)11-17-8-6-16(2)7-9-17/h3-5,10,14,18H,6-9,11-12H2,1-2H3/p+2/t14-/m0/s1. The van der Waals surface area contributed by atoms with Gasteiger partial charge in [0.1, 0.15) is 51.2 Å². The average molecular weight is 266 g/mol. The molecule has 0 unspecified atom stereocenters. The third-order valence-corrected chi connectivity index (χ3v) is 3.77. The van der Waals surface area contributed by atoms with Crippen LogP contribution in [0.2, 0.25) is 0 Å². The lowest BCUT2D eigenvalue weighted by molar-refractivity contribution is -1.00. The van der Waals surface area contributed by atoms with Crippen LogP contribution in [0.3, 0.4) is 0 Å². The van der Waals surface area contributed by atoms with Gasteiger partial charge in [0.15, 0.2) is 0 Å². The summed E-state index contributed by atoms with van der Waals surface area (Å²) in [4.78, 5) is 3.08. The minimum Gasteiger partial charge on any atom is -0.491 e. The number of nitrogens with one attached hydrogen (secondary N) is 2. The number of likely N-dealkylation sites (N-methyl/N-ethyl adjacent to an activating group) is 1. The highest BCUT2D eigenvalue weighted by Gasteiger charge is 2.22. The van der Waals surface area contributed by atoms with Gasteiger partial charge >= 0.3 is 0 Å². The van der Waals surface area contributed by atoms with Gasteiger partial charge in [-0.3, -0.25) is 0 Å². The van der Waals surface area contributed by atoms with Crippen LogP contribution < -0.4 is 14.5 Å². The molecule has 1 aliphatic heterocycles. The fourth-order valence-corrected chi connectivity index (χ4v) is 2.52. The molecular formula is C15H26N2O2+2. The predicted octanol–water partition coefficient (Wildman–Crippen LogP) is -1.85. The molecule has 0 aliphatic carbocycles. The zero-order chi connectivity index (χ0) is 13.7. The van der Waals surface area contributed by atoms with Crippen LogP contribution in [0.4, 0.5) is 0 Å². The topological polar surface area (TPSA) is 38.3 Å². The number of hydrogen-bond donors (Lipinski definition) is 3. The molecule has 0 radical (unpaired) electrons. The van der Waals surface area contributed by atoms with Crippen LogP contribution >= 0.6 is 0 Å². The van der Waals surface area contributed by atoms with E-state index in [2.05, 4.69) is 7.05 Å². The van der Waals surface area contributed by atoms with Crippen molar-refractivity contribution in [3.8, 4) is 5.75 Å². The normalized spacial score (nSPS) is 25.0. The van der Waals surface area contributed by atoms with E-state index in [1.54, 1.807) is 4.90 Å². The van der Waals surface area contributed by atoms with Crippen molar-refractivity contribution in [3.63, 3.8) is 0 Å². The third kappa shape index (κ3) is 4.82. The maximum Gasteiger partial charge on any atom is 0.137 e. The van der Waals surface area contributed by atoms with Gasteiger partial charge in [-0.05, 0) is 24.6 Å². The molecule has 19 heavy (non-hydrogen) atoms. The molecule has 1 saturated heterocycles. The van der Waals surface area contributed by atoms with E-state index in [4.69, 9.17) is 4.74 Å². The summed E-state index contributed by atoms with van der Waals surface area (Å²) in [7, 11) is 2.23. The maximum atomic E-state index is 10.0. The van der Waals surface area contributed by atoms with Gasteiger partial charge in [0, 0.05) is 0 Å². The lowest BCUT2D eigenvalue weighted by atomic mass is 10.2. The summed E-state index contributed by atoms with van der Waals surface area (Å²) in [6.07, 6.45) is -0.381. The van der Waals surface area contributed by atoms with Gasteiger partial charge < -0.3 is 19.6 Å². The van der Waals surface area contributed by atoms with Crippen LogP contribution in [0.1, 0.15) is 5.56 Å². The van der Waals surface area contributed by atoms with Crippen LogP contribution in [0, 0.1) is 6.92 Å². The van der Waals surface area contributed by atoms with E-state index in [0.29, 0.717) is 6.61 Å². The Morgan fingerprint density at radius 2 is 2.00 bits per heavy atom. The van der Waals surface area contributed by atoms with Crippen molar-refractivity contribution in [2.45, 2.75) is 13.0 Å². The van der Waals surface area contributed by atoms with Gasteiger partial charge in [0.25, 0.3) is 0 Å². The lowest BCUT2D eigenvalue weighted by Gasteiger charge is -2.28. The van der Waals surface area contributed by atoms with E-state index in [0.717, 1.165) is 25.4 Å². The largest absolute Gasteiger partial charge is 0.491 e. The van der Waals surface area contributed by atoms with Gasteiger partial charge in [-0.1, -0.05) is 12.1 Å². The quantitative estimate of drug-likeness (QED) is 0.585. The summed E-state index contributed by atoms with van der Waals surface area (Å²) in [5, 5.41) is 10.0. The number of quaternary nitrogens is 2. The summed E-state index contributed by atoms with van der Waals surface area (Å²) >= 11 is 0. The highest BCUT2D eigenvalue weighted by Crippen LogP contribution is 2.12. The second-order valence-corrected chi connectivity index (χ2v) is 5.69. The Hall–Kier alpha value is -1.10. The maximum absolute atomic E-state index is 10.0.